The highest BCUT2D eigenvalue weighted by Gasteiger charge is 2.43. The number of halogens is 1. The van der Waals surface area contributed by atoms with Gasteiger partial charge in [0.15, 0.2) is 0 Å². The Balaban J connectivity index is 1.39. The molecule has 1 aromatic carbocycles. The number of fused-ring (bicyclic) bond motifs is 3. The Morgan fingerprint density at radius 3 is 2.57 bits per heavy atom. The Morgan fingerprint density at radius 1 is 1.07 bits per heavy atom. The molecule has 0 saturated carbocycles. The monoisotopic (exact) mass is 583 g/mol. The van der Waals surface area contributed by atoms with Crippen LogP contribution >= 0.6 is 11.6 Å². The lowest BCUT2D eigenvalue weighted by Gasteiger charge is -2.29. The molecule has 1 fully saturated rings. The van der Waals surface area contributed by atoms with E-state index < -0.39 is 6.04 Å². The lowest BCUT2D eigenvalue weighted by Crippen LogP contribution is -2.47. The van der Waals surface area contributed by atoms with Crippen molar-refractivity contribution in [2.45, 2.75) is 52.7 Å². The van der Waals surface area contributed by atoms with E-state index in [0.717, 1.165) is 27.6 Å². The third-order valence-electron chi connectivity index (χ3n) is 8.11. The third kappa shape index (κ3) is 4.79. The first-order valence-electron chi connectivity index (χ1n) is 13.7. The molecule has 3 N–H and O–H groups in total. The number of carbonyl (C=O) groups excluding carboxylic acids is 2. The number of anilines is 2. The molecule has 5 heterocycles. The van der Waals surface area contributed by atoms with Gasteiger partial charge in [-0.05, 0) is 68.5 Å². The van der Waals surface area contributed by atoms with Crippen molar-refractivity contribution in [3.05, 3.63) is 65.6 Å². The first-order valence-corrected chi connectivity index (χ1v) is 14.1. The van der Waals surface area contributed by atoms with Crippen molar-refractivity contribution in [1.29, 1.82) is 0 Å². The molecule has 0 unspecified atom stereocenters. The van der Waals surface area contributed by atoms with Crippen LogP contribution in [0.15, 0.2) is 49.1 Å². The number of pyridine rings is 1. The number of nitrogen functional groups attached to an aromatic ring is 1. The molecule has 5 aromatic rings. The van der Waals surface area contributed by atoms with Gasteiger partial charge in [-0.2, -0.15) is 0 Å². The van der Waals surface area contributed by atoms with E-state index in [1.54, 1.807) is 35.5 Å². The van der Waals surface area contributed by atoms with E-state index in [0.29, 0.717) is 34.9 Å². The number of nitrogens with two attached hydrogens (primary N) is 1. The van der Waals surface area contributed by atoms with Gasteiger partial charge in [-0.15, -0.1) is 0 Å². The second kappa shape index (κ2) is 10.6. The number of benzene rings is 1. The Labute approximate surface area is 247 Å². The fourth-order valence-corrected chi connectivity index (χ4v) is 6.07. The number of hydrogen-bond acceptors (Lipinski definition) is 8. The van der Waals surface area contributed by atoms with Gasteiger partial charge >= 0.3 is 0 Å². The number of nitrogens with zero attached hydrogens (tertiary/aromatic N) is 7. The molecule has 6 rings (SSSR count). The summed E-state index contributed by atoms with van der Waals surface area (Å²) >= 11 is 6.01. The molecule has 1 aliphatic rings. The molecule has 214 valence electrons. The summed E-state index contributed by atoms with van der Waals surface area (Å²) in [6.45, 7) is 7.82. The van der Waals surface area contributed by atoms with E-state index in [1.165, 1.54) is 6.33 Å². The maximum absolute atomic E-state index is 14.1. The minimum Gasteiger partial charge on any atom is -0.383 e. The van der Waals surface area contributed by atoms with Crippen LogP contribution in [0.2, 0.25) is 5.15 Å². The molecule has 11 nitrogen and oxygen atoms in total. The fourth-order valence-electron chi connectivity index (χ4n) is 5.91. The number of amides is 2. The van der Waals surface area contributed by atoms with Crippen molar-refractivity contribution in [3.8, 4) is 11.1 Å². The predicted octanol–water partition coefficient (Wildman–Crippen LogP) is 4.55. The van der Waals surface area contributed by atoms with Gasteiger partial charge < -0.3 is 20.5 Å². The van der Waals surface area contributed by atoms with Gasteiger partial charge in [-0.1, -0.05) is 24.6 Å². The van der Waals surface area contributed by atoms with Crippen molar-refractivity contribution < 1.29 is 9.59 Å². The summed E-state index contributed by atoms with van der Waals surface area (Å²) in [5.74, 6) is 0.968. The number of hydrogen-bond donors (Lipinski definition) is 2. The number of rotatable bonds is 5. The smallest absolute Gasteiger partial charge is 0.248 e. The fraction of sp³-hybridized carbons (Fsp3) is 0.300. The first-order chi connectivity index (χ1) is 20.1. The van der Waals surface area contributed by atoms with Crippen molar-refractivity contribution >= 4 is 57.0 Å². The van der Waals surface area contributed by atoms with E-state index in [4.69, 9.17) is 17.3 Å². The van der Waals surface area contributed by atoms with Gasteiger partial charge in [0.05, 0.1) is 10.9 Å². The van der Waals surface area contributed by atoms with Crippen molar-refractivity contribution in [2.24, 2.45) is 5.92 Å². The topological polar surface area (TPSA) is 145 Å². The van der Waals surface area contributed by atoms with Crippen LogP contribution < -0.4 is 11.1 Å². The van der Waals surface area contributed by atoms with Crippen LogP contribution in [-0.4, -0.2) is 58.3 Å². The molecule has 12 heteroatoms. The summed E-state index contributed by atoms with van der Waals surface area (Å²) in [5.41, 5.74) is 10.5. The number of nitrogens with one attached hydrogen (secondary N) is 1. The van der Waals surface area contributed by atoms with Crippen molar-refractivity contribution in [2.75, 3.05) is 11.1 Å². The van der Waals surface area contributed by atoms with E-state index >= 15 is 0 Å². The average Bonchev–Trinajstić information content (AvgIpc) is 3.43. The van der Waals surface area contributed by atoms with Gasteiger partial charge in [-0.3, -0.25) is 9.59 Å². The standard InChI is InChI=1S/C30H30ClN9O2/c1-15-9-22(30(42)38-24-7-5-6-23(31)37-24)40(17(15)3)25(41)13-39-27-16(2)8-19(20-11-33-18(4)34-12-20)10-21(27)26-28(32)35-14-36-29(26)39/h5-8,10-12,14-15,17,22H,9,13H2,1-4H3,(H2,32,35,36)(H,37,38,42)/t15-,17+,22-/m0/s1. The number of aryl methyl sites for hydroxylation is 2. The van der Waals surface area contributed by atoms with Crippen LogP contribution in [0.25, 0.3) is 33.1 Å². The Kier molecular flexibility index (Phi) is 6.97. The van der Waals surface area contributed by atoms with Crippen LogP contribution in [-0.2, 0) is 16.1 Å². The first kappa shape index (κ1) is 27.5. The normalized spacial score (nSPS) is 18.6. The van der Waals surface area contributed by atoms with Gasteiger partial charge in [-0.25, -0.2) is 24.9 Å². The van der Waals surface area contributed by atoms with Crippen molar-refractivity contribution in [3.63, 3.8) is 0 Å². The molecule has 1 aliphatic heterocycles. The van der Waals surface area contributed by atoms with Gasteiger partial charge in [0, 0.05) is 29.4 Å². The zero-order valence-electron chi connectivity index (χ0n) is 23.7. The van der Waals surface area contributed by atoms with Crippen LogP contribution in [0.4, 0.5) is 11.6 Å². The van der Waals surface area contributed by atoms with Gasteiger partial charge in [0.1, 0.15) is 47.2 Å². The van der Waals surface area contributed by atoms with Gasteiger partial charge in [0.25, 0.3) is 0 Å². The second-order valence-electron chi connectivity index (χ2n) is 10.9. The third-order valence-corrected chi connectivity index (χ3v) is 8.32. The highest BCUT2D eigenvalue weighted by molar-refractivity contribution is 6.29. The minimum absolute atomic E-state index is 0.0272. The lowest BCUT2D eigenvalue weighted by atomic mass is 10.0. The molecule has 42 heavy (non-hydrogen) atoms. The zero-order chi connectivity index (χ0) is 29.7. The molecule has 0 radical (unpaired) electrons. The number of aromatic nitrogens is 6. The molecular formula is C30H30ClN9O2. The van der Waals surface area contributed by atoms with E-state index in [-0.39, 0.29) is 35.5 Å². The maximum Gasteiger partial charge on any atom is 0.248 e. The van der Waals surface area contributed by atoms with Crippen LogP contribution in [0.1, 0.15) is 31.7 Å². The quantitative estimate of drug-likeness (QED) is 0.287. The summed E-state index contributed by atoms with van der Waals surface area (Å²) in [6.07, 6.45) is 5.50. The SMILES string of the molecule is Cc1ncc(-c2cc(C)c3c(c2)c2c(N)ncnc2n3CC(=O)N2[C@H](C)[C@@H](C)C[C@H]2C(=O)Nc2cccc(Cl)n2)cn1. The van der Waals surface area contributed by atoms with Gasteiger partial charge in [0.2, 0.25) is 11.8 Å². The zero-order valence-corrected chi connectivity index (χ0v) is 24.4. The Morgan fingerprint density at radius 2 is 1.83 bits per heavy atom. The maximum atomic E-state index is 14.1. The van der Waals surface area contributed by atoms with Crippen molar-refractivity contribution in [1.82, 2.24) is 34.4 Å². The second-order valence-corrected chi connectivity index (χ2v) is 11.2. The highest BCUT2D eigenvalue weighted by Crippen LogP contribution is 2.37. The lowest BCUT2D eigenvalue weighted by molar-refractivity contribution is -0.139. The minimum atomic E-state index is -0.662. The highest BCUT2D eigenvalue weighted by atomic mass is 35.5. The van der Waals surface area contributed by atoms with E-state index in [1.807, 2.05) is 44.4 Å². The number of carbonyl (C=O) groups is 2. The molecule has 3 atom stereocenters. The molecule has 1 saturated heterocycles. The van der Waals surface area contributed by atoms with E-state index in [9.17, 15) is 9.59 Å². The summed E-state index contributed by atoms with van der Waals surface area (Å²) in [6, 6.07) is 8.24. The molecule has 0 bridgehead atoms. The molecule has 4 aromatic heterocycles. The summed E-state index contributed by atoms with van der Waals surface area (Å²) < 4.78 is 1.87. The van der Waals surface area contributed by atoms with Crippen LogP contribution in [0, 0.1) is 19.8 Å². The summed E-state index contributed by atoms with van der Waals surface area (Å²) in [7, 11) is 0. The summed E-state index contributed by atoms with van der Waals surface area (Å²) in [5, 5.41) is 4.60. The molecule has 2 amide bonds. The Hall–Kier alpha value is -4.64. The van der Waals surface area contributed by atoms with Crippen LogP contribution in [0.5, 0.6) is 0 Å². The molecule has 0 aliphatic carbocycles. The summed E-state index contributed by atoms with van der Waals surface area (Å²) in [4.78, 5) is 50.8. The average molecular weight is 584 g/mol. The molecular weight excluding hydrogens is 554 g/mol. The Bertz CT molecular complexity index is 1850. The largest absolute Gasteiger partial charge is 0.383 e. The van der Waals surface area contributed by atoms with Crippen LogP contribution in [0.3, 0.4) is 0 Å². The molecule has 0 spiro atoms. The van der Waals surface area contributed by atoms with E-state index in [2.05, 4.69) is 30.2 Å². The predicted molar refractivity (Wildman–Crippen MR) is 162 cm³/mol. The number of likely N-dealkylation sites (tertiary alicyclic amines) is 1.